The van der Waals surface area contributed by atoms with Gasteiger partial charge < -0.3 is 19.1 Å². The van der Waals surface area contributed by atoms with Crippen LogP contribution in [-0.4, -0.2) is 71.9 Å². The van der Waals surface area contributed by atoms with Crippen molar-refractivity contribution < 1.29 is 31.8 Å². The van der Waals surface area contributed by atoms with Crippen molar-refractivity contribution >= 4 is 38.8 Å². The maximum atomic E-state index is 15.3. The molecule has 2 aromatic carbocycles. The van der Waals surface area contributed by atoms with Gasteiger partial charge in [-0.05, 0) is 77.7 Å². The molecule has 3 heterocycles. The van der Waals surface area contributed by atoms with Gasteiger partial charge in [-0.15, -0.1) is 11.3 Å². The van der Waals surface area contributed by atoms with Crippen LogP contribution in [0.5, 0.6) is 10.8 Å². The zero-order valence-corrected chi connectivity index (χ0v) is 23.6. The van der Waals surface area contributed by atoms with Crippen LogP contribution in [0.25, 0.3) is 0 Å². The number of piperidine rings is 1. The van der Waals surface area contributed by atoms with E-state index in [9.17, 15) is 13.2 Å². The summed E-state index contributed by atoms with van der Waals surface area (Å²) in [6.45, 7) is 3.34. The Kier molecular flexibility index (Phi) is 7.43. The van der Waals surface area contributed by atoms with Crippen LogP contribution in [0.4, 0.5) is 20.6 Å². The molecule has 0 bridgehead atoms. The molecular formula is C28H30FN3O6S2. The maximum Gasteiger partial charge on any atom is 0.420 e. The number of ether oxygens (including phenoxy) is 3. The van der Waals surface area contributed by atoms with E-state index in [0.29, 0.717) is 68.1 Å². The monoisotopic (exact) mass is 587 g/mol. The summed E-state index contributed by atoms with van der Waals surface area (Å²) >= 11 is 1.30. The van der Waals surface area contributed by atoms with Crippen LogP contribution in [0.15, 0.2) is 64.9 Å². The molecule has 0 N–H and O–H groups in total. The lowest BCUT2D eigenvalue weighted by Gasteiger charge is -2.30. The number of carbonyl (C=O) groups excluding carboxylic acids is 1. The normalized spacial score (nSPS) is 22.6. The molecule has 40 heavy (non-hydrogen) atoms. The number of carbonyl (C=O) groups is 1. The second-order valence-corrected chi connectivity index (χ2v) is 13.0. The summed E-state index contributed by atoms with van der Waals surface area (Å²) in [7, 11) is -2.10. The first kappa shape index (κ1) is 27.0. The number of thiophene rings is 1. The molecule has 0 spiro atoms. The van der Waals surface area contributed by atoms with Gasteiger partial charge in [0.1, 0.15) is 11.6 Å². The number of anilines is 2. The highest BCUT2D eigenvalue weighted by Crippen LogP contribution is 2.53. The van der Waals surface area contributed by atoms with Crippen molar-refractivity contribution in [3.8, 4) is 10.8 Å². The van der Waals surface area contributed by atoms with Crippen molar-refractivity contribution in [1.29, 1.82) is 0 Å². The van der Waals surface area contributed by atoms with Crippen LogP contribution in [0.1, 0.15) is 0 Å². The minimum Gasteiger partial charge on any atom is -0.497 e. The Morgan fingerprint density at radius 1 is 1.10 bits per heavy atom. The molecular weight excluding hydrogens is 557 g/mol. The highest BCUT2D eigenvalue weighted by Gasteiger charge is 2.58. The summed E-state index contributed by atoms with van der Waals surface area (Å²) in [5.41, 5.74) is 0.880. The van der Waals surface area contributed by atoms with Crippen molar-refractivity contribution in [3.63, 3.8) is 0 Å². The number of nitrogens with zero attached hydrogens (tertiary/aromatic N) is 3. The van der Waals surface area contributed by atoms with E-state index in [1.807, 2.05) is 10.3 Å². The third-order valence-corrected chi connectivity index (χ3v) is 10.5. The van der Waals surface area contributed by atoms with Gasteiger partial charge in [-0.25, -0.2) is 17.6 Å². The van der Waals surface area contributed by atoms with Crippen molar-refractivity contribution in [2.45, 2.75) is 4.90 Å². The first-order valence-electron chi connectivity index (χ1n) is 13.1. The molecule has 2 unspecified atom stereocenters. The van der Waals surface area contributed by atoms with Crippen LogP contribution in [-0.2, 0) is 14.8 Å². The van der Waals surface area contributed by atoms with Gasteiger partial charge in [-0.2, -0.15) is 4.31 Å². The molecule has 2 atom stereocenters. The number of rotatable bonds is 8. The zero-order chi connectivity index (χ0) is 27.9. The third-order valence-electron chi connectivity index (χ3n) is 7.93. The van der Waals surface area contributed by atoms with E-state index < -0.39 is 21.9 Å². The summed E-state index contributed by atoms with van der Waals surface area (Å²) in [4.78, 5) is 16.9. The van der Waals surface area contributed by atoms with E-state index in [0.717, 1.165) is 0 Å². The second kappa shape index (κ2) is 11.0. The summed E-state index contributed by atoms with van der Waals surface area (Å²) in [5, 5.41) is 2.26. The molecule has 1 aliphatic carbocycles. The van der Waals surface area contributed by atoms with Gasteiger partial charge in [0.25, 0.3) is 0 Å². The average molecular weight is 588 g/mol. The molecule has 1 saturated carbocycles. The van der Waals surface area contributed by atoms with Crippen LogP contribution >= 0.6 is 11.3 Å². The maximum absolute atomic E-state index is 15.3. The van der Waals surface area contributed by atoms with Gasteiger partial charge in [0.05, 0.1) is 36.6 Å². The number of fused-ring (bicyclic) bond motifs is 1. The van der Waals surface area contributed by atoms with E-state index in [4.69, 9.17) is 14.2 Å². The van der Waals surface area contributed by atoms with Gasteiger partial charge in [0.15, 0.2) is 5.06 Å². The number of sulfonamides is 1. The highest BCUT2D eigenvalue weighted by molar-refractivity contribution is 7.89. The first-order chi connectivity index (χ1) is 19.3. The van der Waals surface area contributed by atoms with Gasteiger partial charge >= 0.3 is 6.09 Å². The third kappa shape index (κ3) is 5.28. The van der Waals surface area contributed by atoms with Crippen LogP contribution in [0, 0.1) is 23.6 Å². The molecule has 1 aromatic heterocycles. The molecule has 1 amide bonds. The Bertz CT molecular complexity index is 1450. The number of morpholine rings is 1. The minimum absolute atomic E-state index is 0.0835. The fourth-order valence-electron chi connectivity index (χ4n) is 5.66. The highest BCUT2D eigenvalue weighted by atomic mass is 32.2. The Morgan fingerprint density at radius 3 is 2.45 bits per heavy atom. The van der Waals surface area contributed by atoms with Gasteiger partial charge in [0, 0.05) is 32.7 Å². The molecule has 3 aliphatic rings. The van der Waals surface area contributed by atoms with Gasteiger partial charge in [-0.1, -0.05) is 0 Å². The zero-order valence-electron chi connectivity index (χ0n) is 21.9. The van der Waals surface area contributed by atoms with Crippen LogP contribution < -0.4 is 19.3 Å². The minimum atomic E-state index is -3.63. The number of benzene rings is 2. The summed E-state index contributed by atoms with van der Waals surface area (Å²) in [6.07, 6.45) is -0.589. The molecule has 2 aliphatic heterocycles. The smallest absolute Gasteiger partial charge is 0.420 e. The fraction of sp³-hybridized carbons (Fsp3) is 0.393. The quantitative estimate of drug-likeness (QED) is 0.388. The van der Waals surface area contributed by atoms with E-state index >= 15 is 4.39 Å². The van der Waals surface area contributed by atoms with Crippen molar-refractivity contribution in [2.24, 2.45) is 17.8 Å². The molecule has 12 heteroatoms. The Labute approximate surface area is 236 Å². The Morgan fingerprint density at radius 2 is 1.82 bits per heavy atom. The van der Waals surface area contributed by atoms with Gasteiger partial charge in [0.2, 0.25) is 10.0 Å². The lowest BCUT2D eigenvalue weighted by Crippen LogP contribution is -2.38. The second-order valence-electron chi connectivity index (χ2n) is 10.1. The van der Waals surface area contributed by atoms with Crippen molar-refractivity contribution in [2.75, 3.05) is 62.8 Å². The Balaban J connectivity index is 1.17. The van der Waals surface area contributed by atoms with E-state index in [1.165, 1.54) is 33.7 Å². The lowest BCUT2D eigenvalue weighted by molar-refractivity contribution is 0.122. The molecule has 6 rings (SSSR count). The van der Waals surface area contributed by atoms with E-state index in [2.05, 4.69) is 0 Å². The predicted octanol–water partition coefficient (Wildman–Crippen LogP) is 4.30. The van der Waals surface area contributed by atoms with Crippen LogP contribution in [0.3, 0.4) is 0 Å². The summed E-state index contributed by atoms with van der Waals surface area (Å²) in [6, 6.07) is 14.7. The molecule has 2 saturated heterocycles. The summed E-state index contributed by atoms with van der Waals surface area (Å²) in [5.74, 6) is 0.485. The predicted molar refractivity (Wildman–Crippen MR) is 149 cm³/mol. The number of hydrogen-bond acceptors (Lipinski definition) is 8. The topological polar surface area (TPSA) is 88.6 Å². The first-order valence-corrected chi connectivity index (χ1v) is 15.5. The molecule has 0 radical (unpaired) electrons. The molecule has 212 valence electrons. The van der Waals surface area contributed by atoms with Crippen molar-refractivity contribution in [1.82, 2.24) is 4.31 Å². The van der Waals surface area contributed by atoms with Crippen molar-refractivity contribution in [3.05, 3.63) is 65.8 Å². The lowest BCUT2D eigenvalue weighted by atomic mass is 10.2. The number of methoxy groups -OCH3 is 1. The molecule has 9 nitrogen and oxygen atoms in total. The Hall–Kier alpha value is -3.19. The number of hydrogen-bond donors (Lipinski definition) is 0. The number of amides is 1. The molecule has 3 aromatic rings. The number of halogens is 1. The van der Waals surface area contributed by atoms with E-state index in [-0.39, 0.29) is 22.6 Å². The standard InChI is InChI=1S/C28H30FN3O6S2/c1-36-20-5-7-21(8-6-20)40(34,35)31-16-22-23(17-31)24(22)18-32(28(33)38-27-3-2-14-39-27)19-4-9-26(25(29)15-19)30-10-12-37-13-11-30/h2-9,14-15,22-24H,10-13,16-18H2,1H3. The molecule has 3 fully saturated rings. The average Bonchev–Trinajstić information content (AvgIpc) is 3.32. The fourth-order valence-corrected chi connectivity index (χ4v) is 7.74. The van der Waals surface area contributed by atoms with Crippen LogP contribution in [0.2, 0.25) is 0 Å². The van der Waals surface area contributed by atoms with E-state index in [1.54, 1.807) is 48.5 Å². The largest absolute Gasteiger partial charge is 0.497 e. The van der Waals surface area contributed by atoms with Gasteiger partial charge in [-0.3, -0.25) is 4.90 Å². The SMILES string of the molecule is COc1ccc(S(=O)(=O)N2CC3C(CN(C(=O)Oc4cccs4)c4ccc(N5CCOCC5)c(F)c4)C3C2)cc1. The summed E-state index contributed by atoms with van der Waals surface area (Å²) < 4.78 is 59.3.